The second kappa shape index (κ2) is 8.98. The topological polar surface area (TPSA) is 55.2 Å². The Morgan fingerprint density at radius 1 is 1.06 bits per heavy atom. The third kappa shape index (κ3) is 4.16. The number of benzene rings is 3. The van der Waals surface area contributed by atoms with Gasteiger partial charge in [-0.3, -0.25) is 14.2 Å². The fourth-order valence-corrected chi connectivity index (χ4v) is 4.23. The summed E-state index contributed by atoms with van der Waals surface area (Å²) >= 11 is 0. The number of para-hydroxylation sites is 1. The number of hydrogen-bond donors (Lipinski definition) is 0. The maximum atomic E-state index is 13.7. The van der Waals surface area contributed by atoms with Gasteiger partial charge in [-0.2, -0.15) is 0 Å². The largest absolute Gasteiger partial charge is 0.332 e. The van der Waals surface area contributed by atoms with Crippen molar-refractivity contribution >= 4 is 16.8 Å². The molecule has 1 unspecified atom stereocenters. The molecule has 1 aromatic heterocycles. The fourth-order valence-electron chi connectivity index (χ4n) is 4.23. The second-order valence-electron chi connectivity index (χ2n) is 8.26. The molecule has 168 valence electrons. The van der Waals surface area contributed by atoms with Crippen LogP contribution in [0.2, 0.25) is 0 Å². The molecular formula is C27H26FN3O2. The Bertz CT molecular complexity index is 1390. The number of carbonyl (C=O) groups excluding carboxylic acids is 1. The molecule has 1 heterocycles. The third-order valence-electron chi connectivity index (χ3n) is 5.96. The van der Waals surface area contributed by atoms with Crippen molar-refractivity contribution in [2.75, 3.05) is 7.05 Å². The maximum Gasteiger partial charge on any atom is 0.266 e. The predicted molar refractivity (Wildman–Crippen MR) is 128 cm³/mol. The van der Waals surface area contributed by atoms with Crippen LogP contribution in [0.4, 0.5) is 4.39 Å². The smallest absolute Gasteiger partial charge is 0.266 e. The SMILES string of the molecule is CCC(c1nc2ccccc2c(=O)n1-c1ccc(C)cc1C)N(C)C(=O)c1ccc(F)cc1. The summed E-state index contributed by atoms with van der Waals surface area (Å²) in [6, 6.07) is 18.1. The summed E-state index contributed by atoms with van der Waals surface area (Å²) in [6.07, 6.45) is 0.541. The maximum absolute atomic E-state index is 13.7. The van der Waals surface area contributed by atoms with Crippen LogP contribution in [0.5, 0.6) is 0 Å². The van der Waals surface area contributed by atoms with E-state index in [1.165, 1.54) is 24.3 Å². The highest BCUT2D eigenvalue weighted by atomic mass is 19.1. The number of fused-ring (bicyclic) bond motifs is 1. The first-order valence-corrected chi connectivity index (χ1v) is 10.9. The van der Waals surface area contributed by atoms with Gasteiger partial charge in [0.25, 0.3) is 11.5 Å². The van der Waals surface area contributed by atoms with Crippen molar-refractivity contribution in [2.24, 2.45) is 0 Å². The highest BCUT2D eigenvalue weighted by molar-refractivity contribution is 5.94. The van der Waals surface area contributed by atoms with E-state index in [-0.39, 0.29) is 11.5 Å². The highest BCUT2D eigenvalue weighted by Gasteiger charge is 2.27. The average Bonchev–Trinajstić information content (AvgIpc) is 2.80. The van der Waals surface area contributed by atoms with E-state index < -0.39 is 11.9 Å². The molecule has 5 nitrogen and oxygen atoms in total. The fraction of sp³-hybridized carbons (Fsp3) is 0.222. The zero-order valence-electron chi connectivity index (χ0n) is 19.2. The van der Waals surface area contributed by atoms with E-state index >= 15 is 0 Å². The van der Waals surface area contributed by atoms with Gasteiger partial charge in [0.2, 0.25) is 0 Å². The van der Waals surface area contributed by atoms with Crippen molar-refractivity contribution in [3.05, 3.63) is 105 Å². The lowest BCUT2D eigenvalue weighted by atomic mass is 10.1. The van der Waals surface area contributed by atoms with Gasteiger partial charge in [-0.1, -0.05) is 36.8 Å². The molecule has 0 bridgehead atoms. The van der Waals surface area contributed by atoms with Crippen molar-refractivity contribution in [1.29, 1.82) is 0 Å². The number of nitrogens with zero attached hydrogens (tertiary/aromatic N) is 3. The Kier molecular flexibility index (Phi) is 6.09. The second-order valence-corrected chi connectivity index (χ2v) is 8.26. The molecule has 6 heteroatoms. The van der Waals surface area contributed by atoms with Crippen molar-refractivity contribution in [2.45, 2.75) is 33.2 Å². The van der Waals surface area contributed by atoms with Gasteiger partial charge in [0.15, 0.2) is 0 Å². The first kappa shape index (κ1) is 22.4. The zero-order chi connectivity index (χ0) is 23.7. The lowest BCUT2D eigenvalue weighted by Gasteiger charge is -2.29. The van der Waals surface area contributed by atoms with Gasteiger partial charge < -0.3 is 4.90 Å². The standard InChI is InChI=1S/C27H26FN3O2/c1-5-23(30(4)26(32)19-11-13-20(28)14-12-19)25-29-22-9-7-6-8-21(22)27(33)31(25)24-15-10-17(2)16-18(24)3/h6-16,23H,5H2,1-4H3. The van der Waals surface area contributed by atoms with Gasteiger partial charge in [0.1, 0.15) is 11.6 Å². The highest BCUT2D eigenvalue weighted by Crippen LogP contribution is 2.27. The van der Waals surface area contributed by atoms with Crippen molar-refractivity contribution in [3.8, 4) is 5.69 Å². The number of aromatic nitrogens is 2. The van der Waals surface area contributed by atoms with E-state index in [0.29, 0.717) is 28.7 Å². The summed E-state index contributed by atoms with van der Waals surface area (Å²) < 4.78 is 15.0. The van der Waals surface area contributed by atoms with Crippen LogP contribution in [-0.4, -0.2) is 27.4 Å². The summed E-state index contributed by atoms with van der Waals surface area (Å²) in [5.41, 5.74) is 3.55. The number of carbonyl (C=O) groups is 1. The van der Waals surface area contributed by atoms with Gasteiger partial charge in [-0.25, -0.2) is 9.37 Å². The molecule has 33 heavy (non-hydrogen) atoms. The molecule has 0 saturated carbocycles. The molecule has 0 saturated heterocycles. The van der Waals surface area contributed by atoms with Gasteiger partial charge in [0.05, 0.1) is 22.6 Å². The summed E-state index contributed by atoms with van der Waals surface area (Å²) in [5, 5.41) is 0.517. The minimum atomic E-state index is -0.472. The Morgan fingerprint density at radius 2 is 1.76 bits per heavy atom. The normalized spacial score (nSPS) is 12.0. The number of amides is 1. The number of aryl methyl sites for hydroxylation is 2. The zero-order valence-corrected chi connectivity index (χ0v) is 19.2. The molecule has 4 rings (SSSR count). The van der Waals surface area contributed by atoms with Crippen molar-refractivity contribution < 1.29 is 9.18 Å². The quantitative estimate of drug-likeness (QED) is 0.417. The lowest BCUT2D eigenvalue weighted by Crippen LogP contribution is -2.36. The molecule has 0 fully saturated rings. The molecular weight excluding hydrogens is 417 g/mol. The molecule has 0 N–H and O–H groups in total. The summed E-state index contributed by atoms with van der Waals surface area (Å²) in [7, 11) is 1.69. The molecule has 0 spiro atoms. The van der Waals surface area contributed by atoms with E-state index in [1.54, 1.807) is 28.6 Å². The van der Waals surface area contributed by atoms with Crippen molar-refractivity contribution in [1.82, 2.24) is 14.5 Å². The van der Waals surface area contributed by atoms with Crippen molar-refractivity contribution in [3.63, 3.8) is 0 Å². The van der Waals surface area contributed by atoms with E-state index in [1.807, 2.05) is 51.1 Å². The van der Waals surface area contributed by atoms with Crippen LogP contribution in [0.3, 0.4) is 0 Å². The first-order valence-electron chi connectivity index (χ1n) is 10.9. The molecule has 0 radical (unpaired) electrons. The Hall–Kier alpha value is -3.80. The minimum Gasteiger partial charge on any atom is -0.332 e. The molecule has 4 aromatic rings. The van der Waals surface area contributed by atoms with Crippen LogP contribution in [-0.2, 0) is 0 Å². The van der Waals surface area contributed by atoms with Crippen LogP contribution in [0.15, 0.2) is 71.5 Å². The average molecular weight is 444 g/mol. The monoisotopic (exact) mass is 443 g/mol. The molecule has 0 aliphatic carbocycles. The van der Waals surface area contributed by atoms with E-state index in [4.69, 9.17) is 4.98 Å². The van der Waals surface area contributed by atoms with Gasteiger partial charge in [-0.15, -0.1) is 0 Å². The molecule has 3 aromatic carbocycles. The van der Waals surface area contributed by atoms with E-state index in [0.717, 1.165) is 16.8 Å². The van der Waals surface area contributed by atoms with Gasteiger partial charge in [0, 0.05) is 12.6 Å². The van der Waals surface area contributed by atoms with Crippen LogP contribution in [0, 0.1) is 19.7 Å². The Labute approximate surface area is 192 Å². The van der Waals surface area contributed by atoms with Gasteiger partial charge >= 0.3 is 0 Å². The first-order chi connectivity index (χ1) is 15.8. The molecule has 1 amide bonds. The van der Waals surface area contributed by atoms with Crippen LogP contribution < -0.4 is 5.56 Å². The molecule has 1 atom stereocenters. The van der Waals surface area contributed by atoms with Gasteiger partial charge in [-0.05, 0) is 68.3 Å². The number of halogens is 1. The van der Waals surface area contributed by atoms with E-state index in [9.17, 15) is 14.0 Å². The molecule has 0 aliphatic rings. The molecule has 0 aliphatic heterocycles. The Balaban J connectivity index is 1.93. The summed E-state index contributed by atoms with van der Waals surface area (Å²) in [6.45, 7) is 5.91. The summed E-state index contributed by atoms with van der Waals surface area (Å²) in [4.78, 5) is 33.4. The van der Waals surface area contributed by atoms with E-state index in [2.05, 4.69) is 0 Å². The summed E-state index contributed by atoms with van der Waals surface area (Å²) in [5.74, 6) is -0.177. The number of rotatable bonds is 5. The lowest BCUT2D eigenvalue weighted by molar-refractivity contribution is 0.0717. The van der Waals surface area contributed by atoms with Crippen LogP contribution >= 0.6 is 0 Å². The third-order valence-corrected chi connectivity index (χ3v) is 5.96. The van der Waals surface area contributed by atoms with Crippen LogP contribution in [0.1, 0.15) is 46.7 Å². The predicted octanol–water partition coefficient (Wildman–Crippen LogP) is 5.36. The minimum absolute atomic E-state index is 0.177. The number of hydrogen-bond acceptors (Lipinski definition) is 3. The van der Waals surface area contributed by atoms with Crippen LogP contribution in [0.25, 0.3) is 16.6 Å². The Morgan fingerprint density at radius 3 is 2.42 bits per heavy atom.